The standard InChI is InChI=1S/C7H9F3N4/c8-7(9,10)4-13-5-1-2-12-6(3-11)14-5/h1-2H,3-4,11H2,(H,12,13,14). The van der Waals surface area contributed by atoms with Crippen molar-refractivity contribution < 1.29 is 13.2 Å². The van der Waals surface area contributed by atoms with Gasteiger partial charge in [0.25, 0.3) is 0 Å². The summed E-state index contributed by atoms with van der Waals surface area (Å²) in [5, 5.41) is 2.13. The van der Waals surface area contributed by atoms with Gasteiger partial charge >= 0.3 is 6.18 Å². The van der Waals surface area contributed by atoms with Gasteiger partial charge in [-0.1, -0.05) is 0 Å². The Morgan fingerprint density at radius 1 is 1.43 bits per heavy atom. The van der Waals surface area contributed by atoms with Crippen molar-refractivity contribution in [3.8, 4) is 0 Å². The molecule has 0 unspecified atom stereocenters. The van der Waals surface area contributed by atoms with Crippen LogP contribution in [0.2, 0.25) is 0 Å². The largest absolute Gasteiger partial charge is 0.405 e. The van der Waals surface area contributed by atoms with Crippen LogP contribution in [-0.2, 0) is 6.54 Å². The van der Waals surface area contributed by atoms with Crippen LogP contribution >= 0.6 is 0 Å². The minimum absolute atomic E-state index is 0.0987. The Morgan fingerprint density at radius 3 is 2.71 bits per heavy atom. The Kier molecular flexibility index (Phi) is 3.23. The first-order valence-electron chi connectivity index (χ1n) is 3.84. The second-order valence-corrected chi connectivity index (χ2v) is 2.53. The Morgan fingerprint density at radius 2 is 2.14 bits per heavy atom. The van der Waals surface area contributed by atoms with Gasteiger partial charge in [-0.25, -0.2) is 9.97 Å². The van der Waals surface area contributed by atoms with Gasteiger partial charge in [0, 0.05) is 6.20 Å². The van der Waals surface area contributed by atoms with Crippen LogP contribution in [0.1, 0.15) is 5.82 Å². The Balaban J connectivity index is 2.59. The number of nitrogens with zero attached hydrogens (tertiary/aromatic N) is 2. The summed E-state index contributed by atoms with van der Waals surface area (Å²) in [4.78, 5) is 7.49. The highest BCUT2D eigenvalue weighted by Crippen LogP contribution is 2.15. The molecule has 0 saturated heterocycles. The molecule has 1 aromatic rings. The second-order valence-electron chi connectivity index (χ2n) is 2.53. The lowest BCUT2D eigenvalue weighted by Crippen LogP contribution is -2.22. The van der Waals surface area contributed by atoms with E-state index in [0.717, 1.165) is 0 Å². The highest BCUT2D eigenvalue weighted by molar-refractivity contribution is 5.32. The summed E-state index contributed by atoms with van der Waals surface area (Å²) in [7, 11) is 0. The summed E-state index contributed by atoms with van der Waals surface area (Å²) in [5.74, 6) is 0.426. The van der Waals surface area contributed by atoms with Crippen molar-refractivity contribution in [3.05, 3.63) is 18.1 Å². The molecule has 14 heavy (non-hydrogen) atoms. The van der Waals surface area contributed by atoms with Crippen molar-refractivity contribution in [2.75, 3.05) is 11.9 Å². The molecular formula is C7H9F3N4. The monoisotopic (exact) mass is 206 g/mol. The van der Waals surface area contributed by atoms with E-state index in [-0.39, 0.29) is 12.4 Å². The molecule has 0 spiro atoms. The van der Waals surface area contributed by atoms with E-state index in [9.17, 15) is 13.2 Å². The van der Waals surface area contributed by atoms with Gasteiger partial charge in [0.15, 0.2) is 0 Å². The third kappa shape index (κ3) is 3.56. The maximum atomic E-state index is 11.8. The third-order valence-corrected chi connectivity index (χ3v) is 1.36. The molecule has 1 heterocycles. The number of rotatable bonds is 3. The molecule has 7 heteroatoms. The van der Waals surface area contributed by atoms with Gasteiger partial charge in [-0.05, 0) is 6.07 Å². The van der Waals surface area contributed by atoms with Crippen LogP contribution in [0.25, 0.3) is 0 Å². The van der Waals surface area contributed by atoms with E-state index in [1.807, 2.05) is 0 Å². The average molecular weight is 206 g/mol. The molecule has 3 N–H and O–H groups in total. The molecule has 0 fully saturated rings. The zero-order valence-electron chi connectivity index (χ0n) is 7.17. The van der Waals surface area contributed by atoms with Gasteiger partial charge in [-0.2, -0.15) is 13.2 Å². The molecular weight excluding hydrogens is 197 g/mol. The van der Waals surface area contributed by atoms with Crippen LogP contribution in [0.15, 0.2) is 12.3 Å². The summed E-state index contributed by atoms with van der Waals surface area (Å²) in [6.07, 6.45) is -2.90. The van der Waals surface area contributed by atoms with Crippen LogP contribution < -0.4 is 11.1 Å². The van der Waals surface area contributed by atoms with E-state index in [1.54, 1.807) is 0 Å². The highest BCUT2D eigenvalue weighted by atomic mass is 19.4. The van der Waals surface area contributed by atoms with E-state index in [2.05, 4.69) is 15.3 Å². The number of hydrogen-bond acceptors (Lipinski definition) is 4. The summed E-state index contributed by atoms with van der Waals surface area (Å²) in [6, 6.07) is 1.35. The van der Waals surface area contributed by atoms with Gasteiger partial charge < -0.3 is 11.1 Å². The molecule has 0 aliphatic rings. The Bertz CT molecular complexity index is 299. The van der Waals surface area contributed by atoms with Crippen molar-refractivity contribution in [1.29, 1.82) is 0 Å². The van der Waals surface area contributed by atoms with Crippen molar-refractivity contribution in [1.82, 2.24) is 9.97 Å². The lowest BCUT2D eigenvalue weighted by Gasteiger charge is -2.08. The number of anilines is 1. The highest BCUT2D eigenvalue weighted by Gasteiger charge is 2.26. The zero-order chi connectivity index (χ0) is 10.6. The first-order valence-corrected chi connectivity index (χ1v) is 3.84. The van der Waals surface area contributed by atoms with Crippen LogP contribution in [0.4, 0.5) is 19.0 Å². The molecule has 0 saturated carbocycles. The van der Waals surface area contributed by atoms with Crippen molar-refractivity contribution in [2.24, 2.45) is 5.73 Å². The van der Waals surface area contributed by atoms with Crippen LogP contribution in [0.5, 0.6) is 0 Å². The average Bonchev–Trinajstić information content (AvgIpc) is 2.14. The first-order chi connectivity index (χ1) is 6.51. The van der Waals surface area contributed by atoms with E-state index < -0.39 is 12.7 Å². The number of nitrogens with one attached hydrogen (secondary N) is 1. The Hall–Kier alpha value is -1.37. The number of hydrogen-bond donors (Lipinski definition) is 2. The third-order valence-electron chi connectivity index (χ3n) is 1.36. The lowest BCUT2D eigenvalue weighted by molar-refractivity contribution is -0.115. The van der Waals surface area contributed by atoms with E-state index in [0.29, 0.717) is 5.82 Å². The molecule has 1 aromatic heterocycles. The minimum atomic E-state index is -4.26. The summed E-state index contributed by atoms with van der Waals surface area (Å²) < 4.78 is 35.4. The fourth-order valence-corrected chi connectivity index (χ4v) is 0.787. The van der Waals surface area contributed by atoms with Gasteiger partial charge in [0.05, 0.1) is 6.54 Å². The molecule has 0 aromatic carbocycles. The predicted molar refractivity (Wildman–Crippen MR) is 44.5 cm³/mol. The SMILES string of the molecule is NCc1nccc(NCC(F)(F)F)n1. The van der Waals surface area contributed by atoms with Crippen molar-refractivity contribution in [3.63, 3.8) is 0 Å². The molecule has 0 aliphatic heterocycles. The molecule has 0 radical (unpaired) electrons. The van der Waals surface area contributed by atoms with Crippen molar-refractivity contribution in [2.45, 2.75) is 12.7 Å². The number of aromatic nitrogens is 2. The fraction of sp³-hybridized carbons (Fsp3) is 0.429. The quantitative estimate of drug-likeness (QED) is 0.771. The van der Waals surface area contributed by atoms with Gasteiger partial charge in [0.2, 0.25) is 0 Å². The molecule has 78 valence electrons. The predicted octanol–water partition coefficient (Wildman–Crippen LogP) is 0.909. The molecule has 0 atom stereocenters. The molecule has 0 amide bonds. The first kappa shape index (κ1) is 10.7. The minimum Gasteiger partial charge on any atom is -0.361 e. The zero-order valence-corrected chi connectivity index (χ0v) is 7.17. The lowest BCUT2D eigenvalue weighted by atomic mass is 10.5. The summed E-state index contributed by atoms with van der Waals surface area (Å²) in [5.41, 5.74) is 5.23. The van der Waals surface area contributed by atoms with Gasteiger partial charge in [0.1, 0.15) is 18.2 Å². The molecule has 1 rings (SSSR count). The molecule has 0 bridgehead atoms. The summed E-state index contributed by atoms with van der Waals surface area (Å²) in [6.45, 7) is -1.02. The van der Waals surface area contributed by atoms with Gasteiger partial charge in [-0.15, -0.1) is 0 Å². The van der Waals surface area contributed by atoms with Crippen LogP contribution in [0, 0.1) is 0 Å². The molecule has 4 nitrogen and oxygen atoms in total. The van der Waals surface area contributed by atoms with E-state index in [4.69, 9.17) is 5.73 Å². The summed E-state index contributed by atoms with van der Waals surface area (Å²) >= 11 is 0. The number of nitrogens with two attached hydrogens (primary N) is 1. The maximum absolute atomic E-state index is 11.8. The normalized spacial score (nSPS) is 11.4. The smallest absolute Gasteiger partial charge is 0.361 e. The topological polar surface area (TPSA) is 63.8 Å². The Labute approximate surface area is 78.4 Å². The van der Waals surface area contributed by atoms with E-state index in [1.165, 1.54) is 12.3 Å². The van der Waals surface area contributed by atoms with Crippen molar-refractivity contribution >= 4 is 5.82 Å². The number of alkyl halides is 3. The van der Waals surface area contributed by atoms with Gasteiger partial charge in [-0.3, -0.25) is 0 Å². The number of halogens is 3. The van der Waals surface area contributed by atoms with Crippen LogP contribution in [0.3, 0.4) is 0 Å². The maximum Gasteiger partial charge on any atom is 0.405 e. The molecule has 0 aliphatic carbocycles. The van der Waals surface area contributed by atoms with Crippen LogP contribution in [-0.4, -0.2) is 22.7 Å². The van der Waals surface area contributed by atoms with E-state index >= 15 is 0 Å². The fourth-order valence-electron chi connectivity index (χ4n) is 0.787. The second kappa shape index (κ2) is 4.23.